The van der Waals surface area contributed by atoms with Crippen LogP contribution in [0.2, 0.25) is 0 Å². The first-order chi connectivity index (χ1) is 9.22. The van der Waals surface area contributed by atoms with Gasteiger partial charge >= 0.3 is 0 Å². The summed E-state index contributed by atoms with van der Waals surface area (Å²) in [7, 11) is 0. The summed E-state index contributed by atoms with van der Waals surface area (Å²) in [6.45, 7) is 4.90. The molecule has 2 fully saturated rings. The quantitative estimate of drug-likeness (QED) is 0.877. The van der Waals surface area contributed by atoms with Gasteiger partial charge in [-0.1, -0.05) is 29.8 Å². The fourth-order valence-corrected chi connectivity index (χ4v) is 2.67. The van der Waals surface area contributed by atoms with Gasteiger partial charge in [0.2, 0.25) is 5.91 Å². The topological polar surface area (TPSA) is 32.3 Å². The van der Waals surface area contributed by atoms with E-state index in [0.717, 1.165) is 26.1 Å². The van der Waals surface area contributed by atoms with Gasteiger partial charge in [-0.25, -0.2) is 0 Å². The van der Waals surface area contributed by atoms with Gasteiger partial charge in [-0.05, 0) is 44.3 Å². The van der Waals surface area contributed by atoms with Crippen molar-refractivity contribution < 1.29 is 4.79 Å². The molecule has 1 N–H and O–H groups in total. The summed E-state index contributed by atoms with van der Waals surface area (Å²) in [5, 5.41) is 3.24. The molecule has 1 saturated heterocycles. The number of hydrogen-bond acceptors (Lipinski definition) is 2. The normalized spacial score (nSPS) is 19.0. The van der Waals surface area contributed by atoms with Gasteiger partial charge in [0.25, 0.3) is 0 Å². The van der Waals surface area contributed by atoms with Crippen molar-refractivity contribution in [3.63, 3.8) is 0 Å². The van der Waals surface area contributed by atoms with E-state index in [2.05, 4.69) is 41.4 Å². The minimum absolute atomic E-state index is 0.343. The molecule has 3 nitrogen and oxygen atoms in total. The zero-order chi connectivity index (χ0) is 13.2. The molecular formula is C16H22N2O. The van der Waals surface area contributed by atoms with Gasteiger partial charge in [0, 0.05) is 19.0 Å². The summed E-state index contributed by atoms with van der Waals surface area (Å²) in [5.41, 5.74) is 2.52. The van der Waals surface area contributed by atoms with E-state index >= 15 is 0 Å². The first-order valence-electron chi connectivity index (χ1n) is 7.28. The summed E-state index contributed by atoms with van der Waals surface area (Å²) in [6.07, 6.45) is 3.08. The molecule has 0 radical (unpaired) electrons. The highest BCUT2D eigenvalue weighted by Crippen LogP contribution is 2.30. The number of aryl methyl sites for hydroxylation is 1. The summed E-state index contributed by atoms with van der Waals surface area (Å²) >= 11 is 0. The minimum atomic E-state index is 0.343. The predicted octanol–water partition coefficient (Wildman–Crippen LogP) is 2.10. The van der Waals surface area contributed by atoms with Crippen LogP contribution in [-0.4, -0.2) is 29.9 Å². The third kappa shape index (κ3) is 3.16. The molecular weight excluding hydrogens is 236 g/mol. The van der Waals surface area contributed by atoms with E-state index in [0.29, 0.717) is 17.9 Å². The van der Waals surface area contributed by atoms with Crippen molar-refractivity contribution in [2.75, 3.05) is 13.1 Å². The van der Waals surface area contributed by atoms with Crippen LogP contribution in [0.3, 0.4) is 0 Å². The van der Waals surface area contributed by atoms with Crippen LogP contribution in [0.1, 0.15) is 30.4 Å². The molecule has 0 bridgehead atoms. The second kappa shape index (κ2) is 5.33. The summed E-state index contributed by atoms with van der Waals surface area (Å²) < 4.78 is 0. The Morgan fingerprint density at radius 2 is 2.16 bits per heavy atom. The third-order valence-electron chi connectivity index (χ3n) is 4.07. The van der Waals surface area contributed by atoms with Gasteiger partial charge in [0.15, 0.2) is 0 Å². The minimum Gasteiger partial charge on any atom is -0.335 e. The first-order valence-corrected chi connectivity index (χ1v) is 7.28. The van der Waals surface area contributed by atoms with Gasteiger partial charge in [0.05, 0.1) is 0 Å². The number of rotatable bonds is 5. The number of carbonyl (C=O) groups is 1. The van der Waals surface area contributed by atoms with E-state index < -0.39 is 0 Å². The summed E-state index contributed by atoms with van der Waals surface area (Å²) in [5.74, 6) is 0.904. The molecule has 2 aliphatic rings. The maximum absolute atomic E-state index is 12.4. The number of nitrogens with zero attached hydrogens (tertiary/aromatic N) is 1. The number of nitrogens with one attached hydrogen (secondary N) is 1. The van der Waals surface area contributed by atoms with Crippen LogP contribution in [0.4, 0.5) is 0 Å². The van der Waals surface area contributed by atoms with Crippen molar-refractivity contribution in [2.45, 2.75) is 38.8 Å². The lowest BCUT2D eigenvalue weighted by atomic mass is 9.98. The number of hydrogen-bond donors (Lipinski definition) is 1. The number of carbonyl (C=O) groups excluding carboxylic acids is 1. The van der Waals surface area contributed by atoms with Crippen LogP contribution in [0.25, 0.3) is 0 Å². The Kier molecular flexibility index (Phi) is 3.56. The van der Waals surface area contributed by atoms with Crippen molar-refractivity contribution in [1.29, 1.82) is 0 Å². The van der Waals surface area contributed by atoms with Crippen LogP contribution < -0.4 is 5.32 Å². The van der Waals surface area contributed by atoms with Crippen LogP contribution in [0.15, 0.2) is 24.3 Å². The average Bonchev–Trinajstić information content (AvgIpc) is 3.15. The van der Waals surface area contributed by atoms with E-state index in [1.54, 1.807) is 0 Å². The monoisotopic (exact) mass is 258 g/mol. The van der Waals surface area contributed by atoms with Crippen molar-refractivity contribution in [3.8, 4) is 0 Å². The van der Waals surface area contributed by atoms with Crippen LogP contribution in [-0.2, 0) is 11.3 Å². The highest BCUT2D eigenvalue weighted by Gasteiger charge is 2.34. The molecule has 1 aromatic carbocycles. The Morgan fingerprint density at radius 1 is 1.37 bits per heavy atom. The molecule has 3 heteroatoms. The van der Waals surface area contributed by atoms with E-state index in [-0.39, 0.29) is 0 Å². The zero-order valence-electron chi connectivity index (χ0n) is 11.6. The Labute approximate surface area is 115 Å². The first kappa shape index (κ1) is 12.7. The summed E-state index contributed by atoms with van der Waals surface area (Å²) in [4.78, 5) is 14.5. The lowest BCUT2D eigenvalue weighted by Crippen LogP contribution is -2.45. The standard InChI is InChI=1S/C16H22N2O/c1-12-3-2-4-13(7-12)11-18(15-5-6-15)16(19)8-14-9-17-10-14/h2-4,7,14-15,17H,5-6,8-11H2,1H3. The largest absolute Gasteiger partial charge is 0.335 e. The molecule has 0 spiro atoms. The van der Waals surface area contributed by atoms with Crippen molar-refractivity contribution in [3.05, 3.63) is 35.4 Å². The number of benzene rings is 1. The van der Waals surface area contributed by atoms with Gasteiger partial charge in [-0.2, -0.15) is 0 Å². The molecule has 0 atom stereocenters. The van der Waals surface area contributed by atoms with Crippen molar-refractivity contribution in [1.82, 2.24) is 10.2 Å². The molecule has 19 heavy (non-hydrogen) atoms. The van der Waals surface area contributed by atoms with Crippen LogP contribution in [0, 0.1) is 12.8 Å². The lowest BCUT2D eigenvalue weighted by molar-refractivity contribution is -0.133. The van der Waals surface area contributed by atoms with E-state index in [1.165, 1.54) is 24.0 Å². The maximum atomic E-state index is 12.4. The molecule has 1 saturated carbocycles. The Bertz CT molecular complexity index is 464. The smallest absolute Gasteiger partial charge is 0.223 e. The molecule has 1 aliphatic heterocycles. The van der Waals surface area contributed by atoms with Gasteiger partial charge in [-0.3, -0.25) is 4.79 Å². The zero-order valence-corrected chi connectivity index (χ0v) is 11.6. The number of amides is 1. The molecule has 1 aromatic rings. The molecule has 3 rings (SSSR count). The van der Waals surface area contributed by atoms with E-state index in [9.17, 15) is 4.79 Å². The van der Waals surface area contributed by atoms with Crippen molar-refractivity contribution >= 4 is 5.91 Å². The third-order valence-corrected chi connectivity index (χ3v) is 4.07. The predicted molar refractivity (Wildman–Crippen MR) is 75.7 cm³/mol. The van der Waals surface area contributed by atoms with Gasteiger partial charge in [-0.15, -0.1) is 0 Å². The second-order valence-corrected chi connectivity index (χ2v) is 5.97. The molecule has 0 aromatic heterocycles. The highest BCUT2D eigenvalue weighted by atomic mass is 16.2. The van der Waals surface area contributed by atoms with Crippen LogP contribution >= 0.6 is 0 Å². The fraction of sp³-hybridized carbons (Fsp3) is 0.562. The van der Waals surface area contributed by atoms with E-state index in [4.69, 9.17) is 0 Å². The second-order valence-electron chi connectivity index (χ2n) is 5.97. The summed E-state index contributed by atoms with van der Waals surface area (Å²) in [6, 6.07) is 9.00. The Hall–Kier alpha value is -1.35. The SMILES string of the molecule is Cc1cccc(CN(C(=O)CC2CNC2)C2CC2)c1. The molecule has 1 aliphatic carbocycles. The molecule has 102 valence electrons. The molecule has 1 amide bonds. The van der Waals surface area contributed by atoms with Crippen molar-refractivity contribution in [2.24, 2.45) is 5.92 Å². The van der Waals surface area contributed by atoms with Gasteiger partial charge < -0.3 is 10.2 Å². The molecule has 1 heterocycles. The fourth-order valence-electron chi connectivity index (χ4n) is 2.67. The van der Waals surface area contributed by atoms with Gasteiger partial charge in [0.1, 0.15) is 0 Å². The molecule has 0 unspecified atom stereocenters. The highest BCUT2D eigenvalue weighted by molar-refractivity contribution is 5.77. The Morgan fingerprint density at radius 3 is 2.74 bits per heavy atom. The van der Waals surface area contributed by atoms with Crippen LogP contribution in [0.5, 0.6) is 0 Å². The maximum Gasteiger partial charge on any atom is 0.223 e. The van der Waals surface area contributed by atoms with E-state index in [1.807, 2.05) is 0 Å². The lowest BCUT2D eigenvalue weighted by Gasteiger charge is -2.30. The Balaban J connectivity index is 1.65. The average molecular weight is 258 g/mol.